The van der Waals surface area contributed by atoms with Crippen LogP contribution >= 0.6 is 0 Å². The van der Waals surface area contributed by atoms with Crippen molar-refractivity contribution in [3.8, 4) is 22.3 Å². The van der Waals surface area contributed by atoms with Gasteiger partial charge in [-0.25, -0.2) is 17.6 Å². The zero-order valence-corrected chi connectivity index (χ0v) is 19.2. The van der Waals surface area contributed by atoms with Crippen LogP contribution in [0.2, 0.25) is 0 Å². The monoisotopic (exact) mass is 468 g/mol. The lowest BCUT2D eigenvalue weighted by molar-refractivity contribution is -0.00732. The zero-order valence-electron chi connectivity index (χ0n) is 19.2. The summed E-state index contributed by atoms with van der Waals surface area (Å²) >= 11 is 0. The quantitative estimate of drug-likeness (QED) is 0.249. The molecule has 0 bridgehead atoms. The van der Waals surface area contributed by atoms with Gasteiger partial charge in [0.05, 0.1) is 12.7 Å². The Hall–Kier alpha value is -2.92. The first-order valence-electron chi connectivity index (χ1n) is 11.7. The van der Waals surface area contributed by atoms with Crippen LogP contribution in [0.25, 0.3) is 22.3 Å². The maximum atomic E-state index is 15.0. The van der Waals surface area contributed by atoms with Gasteiger partial charge in [-0.2, -0.15) is 0 Å². The standard InChI is InChI=1S/C29H28F4O/c1-3-5-6-21-12-13-22(27(31)26(21)30)19-8-10-20(11-9-19)23-14-15-24(29(33)28(23)32)25-16-7-18(4-2)17-34-25/h4,8-15,18,25H,2-3,5-7,16-17H2,1H3. The number of unbranched alkanes of at least 4 members (excludes halogenated alkanes) is 1. The molecule has 1 fully saturated rings. The Labute approximate surface area is 198 Å². The van der Waals surface area contributed by atoms with E-state index in [4.69, 9.17) is 4.74 Å². The molecule has 0 aliphatic carbocycles. The number of benzene rings is 3. The molecular formula is C29H28F4O. The first-order chi connectivity index (χ1) is 16.4. The summed E-state index contributed by atoms with van der Waals surface area (Å²) in [5.74, 6) is -3.36. The highest BCUT2D eigenvalue weighted by molar-refractivity contribution is 5.71. The van der Waals surface area contributed by atoms with Gasteiger partial charge in [0.1, 0.15) is 0 Å². The summed E-state index contributed by atoms with van der Waals surface area (Å²) in [4.78, 5) is 0. The highest BCUT2D eigenvalue weighted by Gasteiger charge is 2.26. The number of rotatable bonds is 7. The van der Waals surface area contributed by atoms with Gasteiger partial charge in [-0.15, -0.1) is 6.58 Å². The van der Waals surface area contributed by atoms with Crippen LogP contribution in [0.5, 0.6) is 0 Å². The molecule has 3 aromatic rings. The van der Waals surface area contributed by atoms with Crippen LogP contribution < -0.4 is 0 Å². The summed E-state index contributed by atoms with van der Waals surface area (Å²) in [6.07, 6.45) is 4.91. The summed E-state index contributed by atoms with van der Waals surface area (Å²) in [6, 6.07) is 12.6. The molecule has 5 heteroatoms. The van der Waals surface area contributed by atoms with Gasteiger partial charge >= 0.3 is 0 Å². The third-order valence-electron chi connectivity index (χ3n) is 6.57. The molecule has 1 nitrogen and oxygen atoms in total. The number of aryl methyl sites for hydroxylation is 1. The van der Waals surface area contributed by atoms with Gasteiger partial charge in [0.15, 0.2) is 23.3 Å². The SMILES string of the molecule is C=CC1CCC(c2ccc(-c3ccc(-c4ccc(CCCC)c(F)c4F)cc3)c(F)c2F)OC1. The molecule has 2 atom stereocenters. The van der Waals surface area contributed by atoms with E-state index in [-0.39, 0.29) is 22.6 Å². The van der Waals surface area contributed by atoms with Crippen LogP contribution in [0.15, 0.2) is 61.2 Å². The van der Waals surface area contributed by atoms with Crippen molar-refractivity contribution in [1.82, 2.24) is 0 Å². The Morgan fingerprint density at radius 3 is 2.00 bits per heavy atom. The van der Waals surface area contributed by atoms with E-state index in [2.05, 4.69) is 6.58 Å². The fraction of sp³-hybridized carbons (Fsp3) is 0.310. The van der Waals surface area contributed by atoms with E-state index in [0.29, 0.717) is 36.1 Å². The Kier molecular flexibility index (Phi) is 7.52. The van der Waals surface area contributed by atoms with E-state index in [1.165, 1.54) is 6.07 Å². The van der Waals surface area contributed by atoms with Crippen LogP contribution in [0.3, 0.4) is 0 Å². The lowest BCUT2D eigenvalue weighted by Crippen LogP contribution is -2.20. The summed E-state index contributed by atoms with van der Waals surface area (Å²) in [6.45, 7) is 6.19. The molecule has 0 aromatic heterocycles. The minimum atomic E-state index is -0.947. The van der Waals surface area contributed by atoms with Gasteiger partial charge in [0.2, 0.25) is 0 Å². The van der Waals surface area contributed by atoms with Crippen molar-refractivity contribution in [3.05, 3.63) is 95.6 Å². The first kappa shape index (κ1) is 24.2. The van der Waals surface area contributed by atoms with Crippen LogP contribution in [0.1, 0.15) is 49.8 Å². The minimum Gasteiger partial charge on any atom is -0.373 e. The number of hydrogen-bond donors (Lipinski definition) is 0. The van der Waals surface area contributed by atoms with Crippen molar-refractivity contribution in [2.45, 2.75) is 45.1 Å². The normalized spacial score (nSPS) is 18.1. The minimum absolute atomic E-state index is 0.106. The molecule has 0 saturated carbocycles. The molecule has 3 aromatic carbocycles. The average molecular weight is 469 g/mol. The van der Waals surface area contributed by atoms with Crippen molar-refractivity contribution < 1.29 is 22.3 Å². The van der Waals surface area contributed by atoms with Crippen molar-refractivity contribution >= 4 is 0 Å². The Bertz CT molecular complexity index is 1160. The van der Waals surface area contributed by atoms with E-state index >= 15 is 0 Å². The summed E-state index contributed by atoms with van der Waals surface area (Å²) in [5.41, 5.74) is 1.73. The Morgan fingerprint density at radius 1 is 0.824 bits per heavy atom. The molecular weight excluding hydrogens is 440 g/mol. The van der Waals surface area contributed by atoms with Gasteiger partial charge < -0.3 is 4.74 Å². The largest absolute Gasteiger partial charge is 0.373 e. The van der Waals surface area contributed by atoms with Crippen molar-refractivity contribution in [2.75, 3.05) is 6.61 Å². The van der Waals surface area contributed by atoms with E-state index in [9.17, 15) is 17.6 Å². The lowest BCUT2D eigenvalue weighted by Gasteiger charge is -2.28. The van der Waals surface area contributed by atoms with Crippen LogP contribution in [-0.2, 0) is 11.2 Å². The van der Waals surface area contributed by atoms with Gasteiger partial charge in [-0.05, 0) is 42.4 Å². The average Bonchev–Trinajstić information content (AvgIpc) is 2.87. The summed E-state index contributed by atoms with van der Waals surface area (Å²) in [7, 11) is 0. The topological polar surface area (TPSA) is 9.23 Å². The van der Waals surface area contributed by atoms with Crippen LogP contribution in [0, 0.1) is 29.2 Å². The van der Waals surface area contributed by atoms with E-state index in [1.54, 1.807) is 42.5 Å². The third-order valence-corrected chi connectivity index (χ3v) is 6.57. The highest BCUT2D eigenvalue weighted by Crippen LogP contribution is 2.36. The lowest BCUT2D eigenvalue weighted by atomic mass is 9.92. The second-order valence-electron chi connectivity index (χ2n) is 8.81. The van der Waals surface area contributed by atoms with Crippen LogP contribution in [0.4, 0.5) is 17.6 Å². The predicted molar refractivity (Wildman–Crippen MR) is 127 cm³/mol. The van der Waals surface area contributed by atoms with E-state index in [1.807, 2.05) is 13.0 Å². The van der Waals surface area contributed by atoms with E-state index < -0.39 is 29.4 Å². The molecule has 0 N–H and O–H groups in total. The Balaban J connectivity index is 1.57. The van der Waals surface area contributed by atoms with Crippen molar-refractivity contribution in [2.24, 2.45) is 5.92 Å². The third kappa shape index (κ3) is 4.80. The smallest absolute Gasteiger partial charge is 0.167 e. The highest BCUT2D eigenvalue weighted by atomic mass is 19.2. The second kappa shape index (κ2) is 10.6. The van der Waals surface area contributed by atoms with Crippen molar-refractivity contribution in [1.29, 1.82) is 0 Å². The van der Waals surface area contributed by atoms with Gasteiger partial charge in [0, 0.05) is 22.6 Å². The molecule has 0 radical (unpaired) electrons. The number of ether oxygens (including phenoxy) is 1. The van der Waals surface area contributed by atoms with E-state index in [0.717, 1.165) is 19.3 Å². The second-order valence-corrected chi connectivity index (χ2v) is 8.81. The zero-order chi connectivity index (χ0) is 24.2. The predicted octanol–water partition coefficient (Wildman–Crippen LogP) is 8.57. The molecule has 1 saturated heterocycles. The molecule has 1 aliphatic rings. The summed E-state index contributed by atoms with van der Waals surface area (Å²) < 4.78 is 64.8. The number of hydrogen-bond acceptors (Lipinski definition) is 1. The molecule has 34 heavy (non-hydrogen) atoms. The van der Waals surface area contributed by atoms with Gasteiger partial charge in [-0.1, -0.05) is 68.0 Å². The maximum Gasteiger partial charge on any atom is 0.167 e. The molecule has 2 unspecified atom stereocenters. The molecule has 1 aliphatic heterocycles. The fourth-order valence-corrected chi connectivity index (χ4v) is 4.44. The van der Waals surface area contributed by atoms with Crippen LogP contribution in [-0.4, -0.2) is 6.61 Å². The fourth-order valence-electron chi connectivity index (χ4n) is 4.44. The first-order valence-corrected chi connectivity index (χ1v) is 11.7. The molecule has 0 spiro atoms. The maximum absolute atomic E-state index is 15.0. The summed E-state index contributed by atoms with van der Waals surface area (Å²) in [5, 5.41) is 0. The van der Waals surface area contributed by atoms with Gasteiger partial charge in [-0.3, -0.25) is 0 Å². The van der Waals surface area contributed by atoms with Crippen molar-refractivity contribution in [3.63, 3.8) is 0 Å². The Morgan fingerprint density at radius 2 is 1.44 bits per heavy atom. The molecule has 178 valence electrons. The van der Waals surface area contributed by atoms with Gasteiger partial charge in [0.25, 0.3) is 0 Å². The molecule has 4 rings (SSSR count). The number of halogens is 4. The molecule has 1 heterocycles. The molecule has 0 amide bonds.